The van der Waals surface area contributed by atoms with Crippen LogP contribution in [0.1, 0.15) is 23.1 Å². The predicted molar refractivity (Wildman–Crippen MR) is 106 cm³/mol. The van der Waals surface area contributed by atoms with Crippen molar-refractivity contribution in [1.82, 2.24) is 15.5 Å². The molecule has 1 unspecified atom stereocenters. The van der Waals surface area contributed by atoms with E-state index in [-0.39, 0.29) is 18.8 Å². The summed E-state index contributed by atoms with van der Waals surface area (Å²) in [5, 5.41) is 6.40. The van der Waals surface area contributed by atoms with Crippen LogP contribution in [-0.2, 0) is 24.1 Å². The Kier molecular flexibility index (Phi) is 6.76. The molecule has 4 rings (SSSR count). The number of nitrogens with one attached hydrogen (secondary N) is 2. The van der Waals surface area contributed by atoms with E-state index >= 15 is 0 Å². The third-order valence-corrected chi connectivity index (χ3v) is 5.68. The van der Waals surface area contributed by atoms with Crippen molar-refractivity contribution in [2.45, 2.75) is 37.9 Å². The predicted octanol–water partition coefficient (Wildman–Crippen LogP) is 2.84. The highest BCUT2D eigenvalue weighted by atomic mass is 35.5. The van der Waals surface area contributed by atoms with Gasteiger partial charge in [0, 0.05) is 43.7 Å². The molecule has 1 aliphatic heterocycles. The van der Waals surface area contributed by atoms with Crippen LogP contribution in [-0.4, -0.2) is 55.7 Å². The van der Waals surface area contributed by atoms with Gasteiger partial charge in [-0.2, -0.15) is 13.2 Å². The van der Waals surface area contributed by atoms with Crippen molar-refractivity contribution in [1.29, 1.82) is 0 Å². The van der Waals surface area contributed by atoms with Gasteiger partial charge in [0.2, 0.25) is 5.91 Å². The number of hydrogen-bond donors (Lipinski definition) is 2. The van der Waals surface area contributed by atoms with E-state index in [1.165, 1.54) is 22.3 Å². The number of carbonyl (C=O) groups excluding carboxylic acids is 1. The molecule has 2 heterocycles. The first kappa shape index (κ1) is 21.9. The van der Waals surface area contributed by atoms with Gasteiger partial charge in [0.05, 0.1) is 12.7 Å². The first-order chi connectivity index (χ1) is 13.4. The molecule has 1 saturated heterocycles. The van der Waals surface area contributed by atoms with Gasteiger partial charge in [0.25, 0.3) is 0 Å². The minimum atomic E-state index is -4.38. The number of halogens is 4. The van der Waals surface area contributed by atoms with Crippen LogP contribution in [0.15, 0.2) is 22.8 Å². The number of hydrogen-bond acceptors (Lipinski definition) is 4. The molecule has 9 heteroatoms. The lowest BCUT2D eigenvalue weighted by Gasteiger charge is -2.35. The smallest absolute Gasteiger partial charge is 0.405 e. The molecule has 0 bridgehead atoms. The van der Waals surface area contributed by atoms with Crippen LogP contribution in [0.3, 0.4) is 0 Å². The van der Waals surface area contributed by atoms with Crippen molar-refractivity contribution in [2.75, 3.05) is 32.7 Å². The van der Waals surface area contributed by atoms with E-state index in [9.17, 15) is 18.0 Å². The Morgan fingerprint density at radius 3 is 2.59 bits per heavy atom. The Bertz CT molecular complexity index is 863. The zero-order valence-corrected chi connectivity index (χ0v) is 16.8. The van der Waals surface area contributed by atoms with Gasteiger partial charge >= 0.3 is 6.18 Å². The fourth-order valence-corrected chi connectivity index (χ4v) is 4.18. The maximum atomic E-state index is 13.4. The second-order valence-electron chi connectivity index (χ2n) is 7.56. The largest absolute Gasteiger partial charge is 0.464 e. The summed E-state index contributed by atoms with van der Waals surface area (Å²) < 4.78 is 45.9. The Balaban J connectivity index is 0.00000240. The average Bonchev–Trinajstić information content (AvgIpc) is 3.26. The summed E-state index contributed by atoms with van der Waals surface area (Å²) in [5.41, 5.74) is 4.00. The maximum absolute atomic E-state index is 13.4. The van der Waals surface area contributed by atoms with Crippen molar-refractivity contribution in [3.05, 3.63) is 35.1 Å². The zero-order valence-electron chi connectivity index (χ0n) is 16.0. The van der Waals surface area contributed by atoms with Gasteiger partial charge in [-0.05, 0) is 42.5 Å². The second kappa shape index (κ2) is 8.93. The monoisotopic (exact) mass is 431 g/mol. The lowest BCUT2D eigenvalue weighted by molar-refractivity contribution is -0.184. The highest BCUT2D eigenvalue weighted by molar-refractivity contribution is 5.88. The van der Waals surface area contributed by atoms with Gasteiger partial charge in [-0.1, -0.05) is 0 Å². The normalized spacial score (nSPS) is 18.3. The first-order valence-electron chi connectivity index (χ1n) is 9.72. The Labute approximate surface area is 173 Å². The number of aryl methyl sites for hydroxylation is 2. The molecule has 0 radical (unpaired) electrons. The fraction of sp³-hybridized carbons (Fsp3) is 0.550. The number of piperazine rings is 1. The maximum Gasteiger partial charge on any atom is 0.405 e. The lowest BCUT2D eigenvalue weighted by Crippen LogP contribution is -2.57. The molecule has 1 atom stereocenters. The van der Waals surface area contributed by atoms with Crippen molar-refractivity contribution >= 4 is 29.3 Å². The molecule has 0 spiro atoms. The highest BCUT2D eigenvalue weighted by Crippen LogP contribution is 2.30. The third-order valence-electron chi connectivity index (χ3n) is 5.68. The Morgan fingerprint density at radius 1 is 1.21 bits per heavy atom. The molecule has 29 heavy (non-hydrogen) atoms. The fourth-order valence-electron chi connectivity index (χ4n) is 4.18. The molecule has 1 aromatic carbocycles. The molecular formula is C20H25ClF3N3O2. The standard InChI is InChI=1S/C20H24F3N3O2.ClH/c21-20(22,23)18(26-6-4-24-5-7-26)11-25-19(27)10-15-12-28-17-9-14-3-1-2-13(14)8-16(15)17;/h8-9,12,18,24H,1-7,10-11H2,(H,25,27);1H. The number of benzene rings is 1. The molecule has 1 amide bonds. The SMILES string of the molecule is Cl.O=C(Cc1coc2cc3c(cc12)CCC3)NCC(N1CCNCC1)C(F)(F)F. The Hall–Kier alpha value is -1.77. The molecule has 5 nitrogen and oxygen atoms in total. The number of carbonyl (C=O) groups is 1. The van der Waals surface area contributed by atoms with E-state index in [0.29, 0.717) is 31.7 Å². The summed E-state index contributed by atoms with van der Waals surface area (Å²) >= 11 is 0. The van der Waals surface area contributed by atoms with Crippen LogP contribution in [0.4, 0.5) is 13.2 Å². The van der Waals surface area contributed by atoms with Crippen molar-refractivity contribution in [2.24, 2.45) is 0 Å². The second-order valence-corrected chi connectivity index (χ2v) is 7.56. The zero-order chi connectivity index (χ0) is 19.7. The van der Waals surface area contributed by atoms with E-state index in [1.54, 1.807) is 0 Å². The van der Waals surface area contributed by atoms with Gasteiger partial charge in [0.1, 0.15) is 11.6 Å². The number of fused-ring (bicyclic) bond motifs is 2. The molecule has 160 valence electrons. The van der Waals surface area contributed by atoms with E-state index < -0.39 is 24.7 Å². The summed E-state index contributed by atoms with van der Waals surface area (Å²) in [4.78, 5) is 13.7. The van der Waals surface area contributed by atoms with Crippen LogP contribution in [0.5, 0.6) is 0 Å². The molecule has 1 aromatic heterocycles. The quantitative estimate of drug-likeness (QED) is 0.764. The van der Waals surface area contributed by atoms with Crippen LogP contribution < -0.4 is 10.6 Å². The van der Waals surface area contributed by atoms with E-state index in [2.05, 4.69) is 16.7 Å². The minimum absolute atomic E-state index is 0. The van der Waals surface area contributed by atoms with Crippen molar-refractivity contribution in [3.63, 3.8) is 0 Å². The van der Waals surface area contributed by atoms with Crippen molar-refractivity contribution < 1.29 is 22.4 Å². The van der Waals surface area contributed by atoms with Crippen LogP contribution in [0.25, 0.3) is 11.0 Å². The molecule has 2 aromatic rings. The summed E-state index contributed by atoms with van der Waals surface area (Å²) in [7, 11) is 0. The molecule has 1 fully saturated rings. The number of rotatable bonds is 5. The first-order valence-corrected chi connectivity index (χ1v) is 9.72. The lowest BCUT2D eigenvalue weighted by atomic mass is 10.0. The summed E-state index contributed by atoms with van der Waals surface area (Å²) in [6, 6.07) is 2.41. The van der Waals surface area contributed by atoms with Crippen LogP contribution >= 0.6 is 12.4 Å². The van der Waals surface area contributed by atoms with E-state index in [0.717, 1.165) is 30.2 Å². The van der Waals surface area contributed by atoms with Crippen LogP contribution in [0.2, 0.25) is 0 Å². The number of amides is 1. The van der Waals surface area contributed by atoms with Gasteiger partial charge in [-0.25, -0.2) is 0 Å². The minimum Gasteiger partial charge on any atom is -0.464 e. The third kappa shape index (κ3) is 4.87. The van der Waals surface area contributed by atoms with Gasteiger partial charge < -0.3 is 15.1 Å². The van der Waals surface area contributed by atoms with Gasteiger partial charge in [-0.15, -0.1) is 12.4 Å². The van der Waals surface area contributed by atoms with E-state index in [1.807, 2.05) is 6.07 Å². The molecule has 2 N–H and O–H groups in total. The topological polar surface area (TPSA) is 57.5 Å². The number of nitrogens with zero attached hydrogens (tertiary/aromatic N) is 1. The number of alkyl halides is 3. The van der Waals surface area contributed by atoms with Gasteiger partial charge in [-0.3, -0.25) is 9.69 Å². The Morgan fingerprint density at radius 2 is 1.90 bits per heavy atom. The summed E-state index contributed by atoms with van der Waals surface area (Å²) in [5.74, 6) is -0.424. The highest BCUT2D eigenvalue weighted by Gasteiger charge is 2.43. The van der Waals surface area contributed by atoms with E-state index in [4.69, 9.17) is 4.42 Å². The molecule has 2 aliphatic rings. The molecule has 0 saturated carbocycles. The van der Waals surface area contributed by atoms with Gasteiger partial charge in [0.15, 0.2) is 0 Å². The molecular weight excluding hydrogens is 407 g/mol. The van der Waals surface area contributed by atoms with Crippen LogP contribution in [0, 0.1) is 0 Å². The van der Waals surface area contributed by atoms with Crippen molar-refractivity contribution in [3.8, 4) is 0 Å². The summed E-state index contributed by atoms with van der Waals surface area (Å²) in [6.45, 7) is 1.24. The summed E-state index contributed by atoms with van der Waals surface area (Å²) in [6.07, 6.45) is 0.331. The average molecular weight is 432 g/mol. The number of furan rings is 1. The molecule has 1 aliphatic carbocycles.